The Kier molecular flexibility index (Phi) is 21.5. The van der Waals surface area contributed by atoms with E-state index in [1.54, 1.807) is 26.8 Å². The van der Waals surface area contributed by atoms with Gasteiger partial charge >= 0.3 is 5.97 Å². The van der Waals surface area contributed by atoms with E-state index in [4.69, 9.17) is 10.8 Å². The number of carboxylic acids is 1. The van der Waals surface area contributed by atoms with Crippen molar-refractivity contribution in [2.24, 2.45) is 28.4 Å². The standard InChI is InChI=1S/C18H25NO4.C12H19N.C4H10.C2H2/c1-7-8-15(21)14(13(4)20)10-16(19)18(5,6)12(3)9-11(2)17(22)23;1-12(2,3)10-8-6-5-7-9-11(10)13-4;1-4(2)3;1-2/h7-10,14H,3,19H2,1-2,4-6H3,(H,22,23);5,7-9,13H,6H2,1-4H3;4H,1-3H3;1-2H/p+1/b8-7-,11-9+,16-10-;;;. The predicted octanol–water partition coefficient (Wildman–Crippen LogP) is 6.70. The molecule has 0 radical (unpaired) electrons. The fourth-order valence-corrected chi connectivity index (χ4v) is 3.38. The van der Waals surface area contributed by atoms with E-state index in [0.717, 1.165) is 12.3 Å². The number of quaternary nitrogens is 1. The molecular weight excluding hydrogens is 524 g/mol. The zero-order valence-electron chi connectivity index (χ0n) is 28.2. The SMILES string of the molecule is C#C.C=C(/C=C(\C)C(=O)O)C(C)(C)/C(N)=C/C(C(C)=O)C(=O)/C=C\C.CC(C)C.C[NH2+]C1=CC=CCC=C1C(C)(C)C. The lowest BCUT2D eigenvalue weighted by Gasteiger charge is -2.27. The van der Waals surface area contributed by atoms with Gasteiger partial charge in [0.15, 0.2) is 5.78 Å². The highest BCUT2D eigenvalue weighted by molar-refractivity contribution is 6.08. The molecule has 234 valence electrons. The Labute approximate surface area is 256 Å². The lowest BCUT2D eigenvalue weighted by molar-refractivity contribution is -0.573. The third kappa shape index (κ3) is 17.2. The number of rotatable bonds is 9. The topological polar surface area (TPSA) is 114 Å². The van der Waals surface area contributed by atoms with Crippen LogP contribution < -0.4 is 11.1 Å². The van der Waals surface area contributed by atoms with Crippen LogP contribution in [0.25, 0.3) is 0 Å². The van der Waals surface area contributed by atoms with E-state index in [9.17, 15) is 14.4 Å². The predicted molar refractivity (Wildman–Crippen MR) is 178 cm³/mol. The van der Waals surface area contributed by atoms with Gasteiger partial charge in [-0.1, -0.05) is 86.3 Å². The molecule has 1 atom stereocenters. The first-order valence-electron chi connectivity index (χ1n) is 14.2. The van der Waals surface area contributed by atoms with E-state index in [2.05, 4.69) is 97.6 Å². The van der Waals surface area contributed by atoms with Crippen molar-refractivity contribution >= 4 is 17.5 Å². The maximum Gasteiger partial charge on any atom is 0.331 e. The molecule has 0 aromatic heterocycles. The first kappa shape index (κ1) is 42.8. The molecule has 0 saturated carbocycles. The number of terminal acetylenes is 1. The summed E-state index contributed by atoms with van der Waals surface area (Å²) in [5, 5.41) is 11.1. The van der Waals surface area contributed by atoms with E-state index in [0.29, 0.717) is 5.57 Å². The molecule has 1 rings (SSSR count). The fourth-order valence-electron chi connectivity index (χ4n) is 3.38. The summed E-state index contributed by atoms with van der Waals surface area (Å²) in [4.78, 5) is 34.6. The van der Waals surface area contributed by atoms with Crippen molar-refractivity contribution in [2.75, 3.05) is 7.05 Å². The molecule has 1 aliphatic rings. The van der Waals surface area contributed by atoms with Crippen LogP contribution in [0.4, 0.5) is 0 Å². The van der Waals surface area contributed by atoms with Gasteiger partial charge in [0.25, 0.3) is 0 Å². The molecule has 0 aromatic rings. The lowest BCUT2D eigenvalue weighted by atomic mass is 9.79. The minimum Gasteiger partial charge on any atom is -0.478 e. The van der Waals surface area contributed by atoms with E-state index >= 15 is 0 Å². The van der Waals surface area contributed by atoms with Crippen LogP contribution in [0.2, 0.25) is 0 Å². The van der Waals surface area contributed by atoms with Crippen LogP contribution in [0, 0.1) is 35.5 Å². The maximum absolute atomic E-state index is 12.0. The summed E-state index contributed by atoms with van der Waals surface area (Å²) >= 11 is 0. The zero-order valence-corrected chi connectivity index (χ0v) is 28.2. The Morgan fingerprint density at radius 1 is 1.10 bits per heavy atom. The Balaban J connectivity index is -0.000000667. The average Bonchev–Trinajstić information content (AvgIpc) is 3.14. The molecule has 0 heterocycles. The number of likely N-dealkylation sites (N-methyl/N-ethyl adjacent to an activating group) is 1. The van der Waals surface area contributed by atoms with Crippen molar-refractivity contribution in [2.45, 2.75) is 82.6 Å². The number of ketones is 2. The second kappa shape index (κ2) is 21.1. The molecule has 5 N–H and O–H groups in total. The highest BCUT2D eigenvalue weighted by Crippen LogP contribution is 2.33. The number of aliphatic carboxylic acids is 1. The highest BCUT2D eigenvalue weighted by Gasteiger charge is 2.28. The van der Waals surface area contributed by atoms with Crippen LogP contribution >= 0.6 is 0 Å². The monoisotopic (exact) mass is 581 g/mol. The van der Waals surface area contributed by atoms with Gasteiger partial charge in [-0.05, 0) is 68.4 Å². The lowest BCUT2D eigenvalue weighted by Crippen LogP contribution is -2.78. The highest BCUT2D eigenvalue weighted by atomic mass is 16.4. The Morgan fingerprint density at radius 2 is 1.60 bits per heavy atom. The zero-order chi connectivity index (χ0) is 33.8. The minimum atomic E-state index is -1.05. The number of hydrogen-bond donors (Lipinski definition) is 3. The molecule has 0 saturated heterocycles. The van der Waals surface area contributed by atoms with Gasteiger partial charge in [-0.3, -0.25) is 9.59 Å². The number of nitrogens with two attached hydrogens (primary N) is 2. The van der Waals surface area contributed by atoms with E-state index < -0.39 is 17.3 Å². The molecule has 0 fully saturated rings. The summed E-state index contributed by atoms with van der Waals surface area (Å²) in [5.41, 5.74) is 9.25. The summed E-state index contributed by atoms with van der Waals surface area (Å²) in [6.45, 7) is 25.1. The van der Waals surface area contributed by atoms with Crippen LogP contribution in [0.5, 0.6) is 0 Å². The van der Waals surface area contributed by atoms with Gasteiger partial charge in [-0.25, -0.2) is 4.79 Å². The maximum atomic E-state index is 12.0. The summed E-state index contributed by atoms with van der Waals surface area (Å²) in [5.74, 6) is -1.83. The van der Waals surface area contributed by atoms with Crippen LogP contribution in [0.3, 0.4) is 0 Å². The van der Waals surface area contributed by atoms with Gasteiger partial charge in [-0.15, -0.1) is 12.8 Å². The quantitative estimate of drug-likeness (QED) is 0.121. The van der Waals surface area contributed by atoms with Crippen molar-refractivity contribution in [3.05, 3.63) is 83.3 Å². The van der Waals surface area contributed by atoms with Crippen LogP contribution in [-0.2, 0) is 14.4 Å². The second-order valence-electron chi connectivity index (χ2n) is 12.1. The molecule has 0 aromatic carbocycles. The molecule has 42 heavy (non-hydrogen) atoms. The smallest absolute Gasteiger partial charge is 0.331 e. The molecular formula is C36H57N2O4+. The van der Waals surface area contributed by atoms with Gasteiger partial charge in [0, 0.05) is 22.3 Å². The summed E-state index contributed by atoms with van der Waals surface area (Å²) in [6, 6.07) is 0. The molecule has 6 heteroatoms. The minimum absolute atomic E-state index is 0.129. The molecule has 6 nitrogen and oxygen atoms in total. The van der Waals surface area contributed by atoms with Gasteiger partial charge in [-0.2, -0.15) is 0 Å². The van der Waals surface area contributed by atoms with Crippen molar-refractivity contribution in [3.63, 3.8) is 0 Å². The largest absolute Gasteiger partial charge is 0.478 e. The first-order valence-corrected chi connectivity index (χ1v) is 14.2. The van der Waals surface area contributed by atoms with Gasteiger partial charge in [0.1, 0.15) is 17.4 Å². The number of carbonyl (C=O) groups excluding carboxylic acids is 2. The Bertz CT molecular complexity index is 1110. The van der Waals surface area contributed by atoms with Crippen molar-refractivity contribution in [1.29, 1.82) is 0 Å². The van der Waals surface area contributed by atoms with Crippen molar-refractivity contribution < 1.29 is 24.8 Å². The second-order valence-corrected chi connectivity index (χ2v) is 12.1. The number of carboxylic acid groups (broad SMARTS) is 1. The van der Waals surface area contributed by atoms with Crippen molar-refractivity contribution in [3.8, 4) is 12.8 Å². The number of hydrogen-bond acceptors (Lipinski definition) is 4. The fraction of sp³-hybridized carbons (Fsp3) is 0.472. The third-order valence-corrected chi connectivity index (χ3v) is 5.97. The third-order valence-electron chi connectivity index (χ3n) is 5.97. The Hall–Kier alpha value is -3.69. The molecule has 0 spiro atoms. The number of allylic oxidation sites excluding steroid dienone is 10. The molecule has 0 amide bonds. The number of carbonyl (C=O) groups is 3. The normalized spacial score (nSPS) is 14.5. The first-order chi connectivity index (χ1) is 19.2. The average molecular weight is 582 g/mol. The molecule has 1 aliphatic carbocycles. The van der Waals surface area contributed by atoms with E-state index in [1.165, 1.54) is 43.3 Å². The van der Waals surface area contributed by atoms with Gasteiger partial charge < -0.3 is 16.2 Å². The van der Waals surface area contributed by atoms with Gasteiger partial charge in [0.2, 0.25) is 0 Å². The molecule has 0 bridgehead atoms. The van der Waals surface area contributed by atoms with Crippen LogP contribution in [-0.4, -0.2) is 29.7 Å². The molecule has 0 aliphatic heterocycles. The van der Waals surface area contributed by atoms with Gasteiger partial charge in [0.05, 0.1) is 7.05 Å². The van der Waals surface area contributed by atoms with Crippen LogP contribution in [0.15, 0.2) is 83.3 Å². The van der Waals surface area contributed by atoms with E-state index in [1.807, 2.05) is 0 Å². The van der Waals surface area contributed by atoms with Crippen LogP contribution in [0.1, 0.15) is 82.6 Å². The van der Waals surface area contributed by atoms with E-state index in [-0.39, 0.29) is 28.3 Å². The molecule has 1 unspecified atom stereocenters. The summed E-state index contributed by atoms with van der Waals surface area (Å²) < 4.78 is 0. The van der Waals surface area contributed by atoms with Crippen molar-refractivity contribution in [1.82, 2.24) is 0 Å². The Morgan fingerprint density at radius 3 is 1.98 bits per heavy atom. The number of Topliss-reactive ketones (excluding diaryl/α,β-unsaturated/α-hetero) is 1. The summed E-state index contributed by atoms with van der Waals surface area (Å²) in [6.07, 6.45) is 23.7. The summed E-state index contributed by atoms with van der Waals surface area (Å²) in [7, 11) is 2.10.